The molecule has 7 nitrogen and oxygen atoms in total. The Balaban J connectivity index is 1.57. The number of rotatable bonds is 8. The Morgan fingerprint density at radius 3 is 1.98 bits per heavy atom. The number of aromatic nitrogens is 2. The third-order valence-electron chi connectivity index (χ3n) is 8.54. The van der Waals surface area contributed by atoms with Crippen LogP contribution in [0.2, 0.25) is 5.15 Å². The Kier molecular flexibility index (Phi) is 9.22. The molecule has 0 aliphatic carbocycles. The van der Waals surface area contributed by atoms with Crippen molar-refractivity contribution in [3.05, 3.63) is 143 Å². The van der Waals surface area contributed by atoms with E-state index in [-0.39, 0.29) is 10.7 Å². The van der Waals surface area contributed by atoms with Crippen molar-refractivity contribution in [2.24, 2.45) is 4.99 Å². The summed E-state index contributed by atoms with van der Waals surface area (Å²) in [4.78, 5) is 13.0. The summed E-state index contributed by atoms with van der Waals surface area (Å²) in [6.07, 6.45) is -5.05. The number of hydrogen-bond acceptors (Lipinski definition) is 7. The van der Waals surface area contributed by atoms with Gasteiger partial charge in [0.1, 0.15) is 28.0 Å². The molecule has 0 spiro atoms. The van der Waals surface area contributed by atoms with Crippen LogP contribution < -0.4 is 14.8 Å². The summed E-state index contributed by atoms with van der Waals surface area (Å²) in [5.74, 6) is 0.416. The van der Waals surface area contributed by atoms with Crippen molar-refractivity contribution < 1.29 is 31.8 Å². The van der Waals surface area contributed by atoms with Crippen molar-refractivity contribution in [3.8, 4) is 22.8 Å². The number of amidine groups is 1. The highest BCUT2D eigenvalue weighted by Crippen LogP contribution is 2.44. The van der Waals surface area contributed by atoms with Gasteiger partial charge in [-0.1, -0.05) is 66.2 Å². The number of nitrogens with zero attached hydrogens (tertiary/aromatic N) is 3. The SMILES string of the molecule is COc1ccc(C(NC2=N[C@](C)(c3cc(-c4cncc(Cl)n4)ccc3F)C[C@@H](C(F)(F)F)O2)(c2ccccc2)c2ccc(OC)cc2)cc1. The molecule has 252 valence electrons. The van der Waals surface area contributed by atoms with Gasteiger partial charge in [0.05, 0.1) is 37.8 Å². The maximum absolute atomic E-state index is 15.7. The molecule has 0 unspecified atom stereocenters. The minimum Gasteiger partial charge on any atom is -0.497 e. The molecule has 4 aromatic carbocycles. The van der Waals surface area contributed by atoms with Gasteiger partial charge in [0.15, 0.2) is 6.10 Å². The fraction of sp³-hybridized carbons (Fsp3) is 0.216. The molecule has 0 saturated heterocycles. The van der Waals surface area contributed by atoms with Gasteiger partial charge in [-0.15, -0.1) is 0 Å². The predicted molar refractivity (Wildman–Crippen MR) is 178 cm³/mol. The molecule has 2 atom stereocenters. The molecule has 5 aromatic rings. The van der Waals surface area contributed by atoms with Gasteiger partial charge >= 0.3 is 6.18 Å². The summed E-state index contributed by atoms with van der Waals surface area (Å²) in [7, 11) is 3.08. The predicted octanol–water partition coefficient (Wildman–Crippen LogP) is 8.46. The molecule has 0 radical (unpaired) electrons. The Morgan fingerprint density at radius 2 is 1.43 bits per heavy atom. The third kappa shape index (κ3) is 6.76. The number of benzene rings is 4. The Morgan fingerprint density at radius 1 is 0.837 bits per heavy atom. The molecular weight excluding hydrogens is 660 g/mol. The zero-order valence-corrected chi connectivity index (χ0v) is 27.4. The fourth-order valence-electron chi connectivity index (χ4n) is 6.07. The van der Waals surface area contributed by atoms with Crippen LogP contribution in [-0.2, 0) is 15.8 Å². The highest BCUT2D eigenvalue weighted by atomic mass is 35.5. The first kappa shape index (κ1) is 33.7. The van der Waals surface area contributed by atoms with Crippen molar-refractivity contribution in [2.75, 3.05) is 14.2 Å². The molecule has 0 fully saturated rings. The second kappa shape index (κ2) is 13.4. The molecule has 1 aliphatic rings. The average Bonchev–Trinajstić information content (AvgIpc) is 3.10. The maximum Gasteiger partial charge on any atom is 0.425 e. The molecule has 0 amide bonds. The van der Waals surface area contributed by atoms with Crippen molar-refractivity contribution in [1.82, 2.24) is 15.3 Å². The number of halogens is 5. The molecule has 6 rings (SSSR count). The van der Waals surface area contributed by atoms with Crippen LogP contribution in [-0.4, -0.2) is 42.5 Å². The largest absolute Gasteiger partial charge is 0.497 e. The lowest BCUT2D eigenvalue weighted by Crippen LogP contribution is -2.54. The summed E-state index contributed by atoms with van der Waals surface area (Å²) in [5, 5.41) is 3.39. The number of nitrogens with one attached hydrogen (secondary N) is 1. The van der Waals surface area contributed by atoms with E-state index in [1.165, 1.54) is 51.7 Å². The Hall–Kier alpha value is -5.16. The lowest BCUT2D eigenvalue weighted by Gasteiger charge is -2.42. The van der Waals surface area contributed by atoms with Crippen LogP contribution in [0.25, 0.3) is 11.3 Å². The third-order valence-corrected chi connectivity index (χ3v) is 8.73. The molecule has 1 aromatic heterocycles. The van der Waals surface area contributed by atoms with Gasteiger partial charge in [0, 0.05) is 17.5 Å². The lowest BCUT2D eigenvalue weighted by molar-refractivity contribution is -0.209. The number of alkyl halides is 3. The molecule has 2 heterocycles. The quantitative estimate of drug-likeness (QED) is 0.130. The first-order valence-electron chi connectivity index (χ1n) is 15.2. The molecule has 49 heavy (non-hydrogen) atoms. The summed E-state index contributed by atoms with van der Waals surface area (Å²) in [6, 6.07) is 27.0. The molecule has 1 aliphatic heterocycles. The monoisotopic (exact) mass is 690 g/mol. The van der Waals surface area contributed by atoms with Crippen molar-refractivity contribution >= 4 is 17.6 Å². The van der Waals surface area contributed by atoms with E-state index in [0.29, 0.717) is 39.4 Å². The van der Waals surface area contributed by atoms with Crippen molar-refractivity contribution in [3.63, 3.8) is 0 Å². The first-order valence-corrected chi connectivity index (χ1v) is 15.6. The van der Waals surface area contributed by atoms with Gasteiger partial charge in [-0.25, -0.2) is 14.4 Å². The van der Waals surface area contributed by atoms with Crippen LogP contribution in [0.4, 0.5) is 17.6 Å². The molecule has 0 bridgehead atoms. The van der Waals surface area contributed by atoms with E-state index in [1.54, 1.807) is 24.3 Å². The van der Waals surface area contributed by atoms with E-state index in [9.17, 15) is 13.2 Å². The molecule has 0 saturated carbocycles. The number of aliphatic imine (C=N–C) groups is 1. The first-order chi connectivity index (χ1) is 23.4. The highest BCUT2D eigenvalue weighted by Gasteiger charge is 2.52. The normalized spacial score (nSPS) is 17.9. The zero-order valence-electron chi connectivity index (χ0n) is 26.6. The summed E-state index contributed by atoms with van der Waals surface area (Å²) in [6.45, 7) is 1.45. The van der Waals surface area contributed by atoms with E-state index < -0.39 is 41.6 Å². The van der Waals surface area contributed by atoms with Crippen molar-refractivity contribution in [1.29, 1.82) is 0 Å². The number of hydrogen-bond donors (Lipinski definition) is 1. The minimum absolute atomic E-state index is 0.0807. The smallest absolute Gasteiger partial charge is 0.425 e. The molecular formula is C37H31ClF4N4O3. The highest BCUT2D eigenvalue weighted by molar-refractivity contribution is 6.29. The minimum atomic E-state index is -4.81. The second-order valence-corrected chi connectivity index (χ2v) is 12.0. The van der Waals surface area contributed by atoms with Gasteiger partial charge in [0.2, 0.25) is 0 Å². The van der Waals surface area contributed by atoms with Gasteiger partial charge in [-0.2, -0.15) is 13.2 Å². The van der Waals surface area contributed by atoms with E-state index >= 15 is 4.39 Å². The van der Waals surface area contributed by atoms with E-state index in [1.807, 2.05) is 54.6 Å². The Bertz CT molecular complexity index is 1910. The maximum atomic E-state index is 15.7. The molecule has 12 heteroatoms. The summed E-state index contributed by atoms with van der Waals surface area (Å²) >= 11 is 6.04. The molecule has 1 N–H and O–H groups in total. The standard InChI is InChI=1S/C37H31ClF4N4O3/c1-35(29-19-23(9-18-30(29)39)31-21-43-22-33(38)44-31)20-32(37(40,41)42)49-34(45-35)46-36(24-7-5-4-6-8-24,25-10-14-27(47-2)15-11-25)26-12-16-28(48-3)17-13-26/h4-19,21-22,32H,20H2,1-3H3,(H,45,46)/t32-,35-/m0/s1. The average molecular weight is 691 g/mol. The van der Waals surface area contributed by atoms with E-state index in [4.69, 9.17) is 30.8 Å². The van der Waals surface area contributed by atoms with Crippen LogP contribution in [0.15, 0.2) is 114 Å². The number of ether oxygens (including phenoxy) is 3. The van der Waals surface area contributed by atoms with Crippen LogP contribution in [0.1, 0.15) is 35.6 Å². The number of methoxy groups -OCH3 is 2. The van der Waals surface area contributed by atoms with Gasteiger partial charge in [0.25, 0.3) is 6.02 Å². The fourth-order valence-corrected chi connectivity index (χ4v) is 6.22. The second-order valence-electron chi connectivity index (χ2n) is 11.7. The van der Waals surface area contributed by atoms with Crippen LogP contribution in [0.5, 0.6) is 11.5 Å². The van der Waals surface area contributed by atoms with Crippen molar-refractivity contribution in [2.45, 2.75) is 36.7 Å². The van der Waals surface area contributed by atoms with Gasteiger partial charge in [-0.05, 0) is 66.1 Å². The lowest BCUT2D eigenvalue weighted by atomic mass is 9.77. The zero-order chi connectivity index (χ0) is 34.8. The van der Waals surface area contributed by atoms with Crippen LogP contribution in [0.3, 0.4) is 0 Å². The summed E-state index contributed by atoms with van der Waals surface area (Å²) in [5.41, 5.74) is -0.510. The van der Waals surface area contributed by atoms with Crippen LogP contribution >= 0.6 is 11.6 Å². The Labute approximate surface area is 285 Å². The van der Waals surface area contributed by atoms with E-state index in [2.05, 4.69) is 15.3 Å². The summed E-state index contributed by atoms with van der Waals surface area (Å²) < 4.78 is 76.2. The van der Waals surface area contributed by atoms with Gasteiger partial charge < -0.3 is 19.5 Å². The van der Waals surface area contributed by atoms with Crippen LogP contribution in [0, 0.1) is 5.82 Å². The van der Waals surface area contributed by atoms with E-state index in [0.717, 1.165) is 0 Å². The topological polar surface area (TPSA) is 77.9 Å². The van der Waals surface area contributed by atoms with Gasteiger partial charge in [-0.3, -0.25) is 4.98 Å².